The van der Waals surface area contributed by atoms with Crippen LogP contribution in [0.5, 0.6) is 5.75 Å². The minimum atomic E-state index is -0.108. The molecule has 0 fully saturated rings. The number of aryl methyl sites for hydroxylation is 1. The van der Waals surface area contributed by atoms with Gasteiger partial charge in [-0.1, -0.05) is 12.1 Å². The number of H-pyrrole nitrogens is 1. The van der Waals surface area contributed by atoms with E-state index < -0.39 is 0 Å². The molecule has 0 aliphatic rings. The van der Waals surface area contributed by atoms with Crippen molar-refractivity contribution in [1.29, 1.82) is 0 Å². The molecule has 2 aromatic heterocycles. The SMILES string of the molecule is COc1cccc(-c2ccc(Cn3cncc3C)[nH]c2=O)c1. The second-order valence-electron chi connectivity index (χ2n) is 5.12. The van der Waals surface area contributed by atoms with E-state index in [1.807, 2.05) is 47.9 Å². The molecule has 0 amide bonds. The third-order valence-corrected chi connectivity index (χ3v) is 3.61. The van der Waals surface area contributed by atoms with Gasteiger partial charge in [-0.15, -0.1) is 0 Å². The number of nitrogens with one attached hydrogen (secondary N) is 1. The molecule has 0 saturated heterocycles. The zero-order chi connectivity index (χ0) is 15.5. The van der Waals surface area contributed by atoms with E-state index in [2.05, 4.69) is 9.97 Å². The van der Waals surface area contributed by atoms with Crippen LogP contribution in [0.3, 0.4) is 0 Å². The maximum absolute atomic E-state index is 12.3. The zero-order valence-corrected chi connectivity index (χ0v) is 12.5. The summed E-state index contributed by atoms with van der Waals surface area (Å²) in [4.78, 5) is 19.3. The summed E-state index contributed by atoms with van der Waals surface area (Å²) in [6, 6.07) is 11.2. The maximum Gasteiger partial charge on any atom is 0.256 e. The standard InChI is InChI=1S/C17H17N3O2/c1-12-9-18-11-20(12)10-14-6-7-16(17(21)19-14)13-4-3-5-15(8-13)22-2/h3-9,11H,10H2,1-2H3,(H,19,21). The largest absolute Gasteiger partial charge is 0.497 e. The number of hydrogen-bond acceptors (Lipinski definition) is 3. The molecular weight excluding hydrogens is 278 g/mol. The topological polar surface area (TPSA) is 59.9 Å². The summed E-state index contributed by atoms with van der Waals surface area (Å²) in [5, 5.41) is 0. The van der Waals surface area contributed by atoms with Crippen molar-refractivity contribution in [1.82, 2.24) is 14.5 Å². The Kier molecular flexibility index (Phi) is 3.78. The van der Waals surface area contributed by atoms with Crippen molar-refractivity contribution in [3.63, 3.8) is 0 Å². The molecule has 0 saturated carbocycles. The van der Waals surface area contributed by atoms with Crippen LogP contribution in [0, 0.1) is 6.92 Å². The molecule has 0 radical (unpaired) electrons. The third-order valence-electron chi connectivity index (χ3n) is 3.61. The van der Waals surface area contributed by atoms with E-state index in [1.54, 1.807) is 19.6 Å². The number of ether oxygens (including phenoxy) is 1. The van der Waals surface area contributed by atoms with Gasteiger partial charge in [0.2, 0.25) is 0 Å². The average Bonchev–Trinajstić information content (AvgIpc) is 2.92. The summed E-state index contributed by atoms with van der Waals surface area (Å²) in [7, 11) is 1.61. The minimum absolute atomic E-state index is 0.108. The number of rotatable bonds is 4. The highest BCUT2D eigenvalue weighted by Crippen LogP contribution is 2.21. The molecule has 1 aromatic carbocycles. The summed E-state index contributed by atoms with van der Waals surface area (Å²) in [6.45, 7) is 2.58. The Morgan fingerprint density at radius 1 is 1.27 bits per heavy atom. The van der Waals surface area contributed by atoms with Crippen LogP contribution >= 0.6 is 0 Å². The second-order valence-corrected chi connectivity index (χ2v) is 5.12. The average molecular weight is 295 g/mol. The summed E-state index contributed by atoms with van der Waals surface area (Å²) < 4.78 is 7.18. The van der Waals surface area contributed by atoms with Gasteiger partial charge in [-0.3, -0.25) is 4.79 Å². The Bertz CT molecular complexity index is 849. The van der Waals surface area contributed by atoms with Gasteiger partial charge in [-0.25, -0.2) is 4.98 Å². The van der Waals surface area contributed by atoms with Crippen molar-refractivity contribution in [3.05, 3.63) is 70.7 Å². The van der Waals surface area contributed by atoms with Crippen molar-refractivity contribution in [2.24, 2.45) is 0 Å². The van der Waals surface area contributed by atoms with E-state index in [1.165, 1.54) is 0 Å². The van der Waals surface area contributed by atoms with Gasteiger partial charge in [-0.05, 0) is 36.8 Å². The van der Waals surface area contributed by atoms with Gasteiger partial charge in [0.15, 0.2) is 0 Å². The number of nitrogens with zero attached hydrogens (tertiary/aromatic N) is 2. The van der Waals surface area contributed by atoms with Gasteiger partial charge in [0.25, 0.3) is 5.56 Å². The highest BCUT2D eigenvalue weighted by atomic mass is 16.5. The smallest absolute Gasteiger partial charge is 0.256 e. The van der Waals surface area contributed by atoms with Crippen LogP contribution < -0.4 is 10.3 Å². The Morgan fingerprint density at radius 3 is 2.82 bits per heavy atom. The predicted octanol–water partition coefficient (Wildman–Crippen LogP) is 2.60. The molecule has 3 aromatic rings. The molecule has 5 nitrogen and oxygen atoms in total. The molecule has 5 heteroatoms. The van der Waals surface area contributed by atoms with Crippen molar-refractivity contribution in [2.45, 2.75) is 13.5 Å². The fourth-order valence-corrected chi connectivity index (χ4v) is 2.36. The summed E-state index contributed by atoms with van der Waals surface area (Å²) >= 11 is 0. The number of methoxy groups -OCH3 is 1. The molecule has 0 bridgehead atoms. The Balaban J connectivity index is 1.92. The van der Waals surface area contributed by atoms with E-state index in [4.69, 9.17) is 4.74 Å². The first kappa shape index (κ1) is 14.1. The molecule has 0 atom stereocenters. The molecule has 0 aliphatic heterocycles. The van der Waals surface area contributed by atoms with Crippen LogP contribution in [0.4, 0.5) is 0 Å². The van der Waals surface area contributed by atoms with Crippen LogP contribution in [-0.2, 0) is 6.54 Å². The minimum Gasteiger partial charge on any atom is -0.497 e. The Hall–Kier alpha value is -2.82. The third kappa shape index (κ3) is 2.79. The summed E-state index contributed by atoms with van der Waals surface area (Å²) in [5.41, 5.74) is 3.26. The molecule has 22 heavy (non-hydrogen) atoms. The lowest BCUT2D eigenvalue weighted by Crippen LogP contribution is -2.13. The molecule has 0 spiro atoms. The van der Waals surface area contributed by atoms with E-state index >= 15 is 0 Å². The fraction of sp³-hybridized carbons (Fsp3) is 0.176. The van der Waals surface area contributed by atoms with Crippen molar-refractivity contribution < 1.29 is 4.74 Å². The monoisotopic (exact) mass is 295 g/mol. The van der Waals surface area contributed by atoms with Crippen LogP contribution in [0.1, 0.15) is 11.4 Å². The van der Waals surface area contributed by atoms with E-state index in [0.29, 0.717) is 12.1 Å². The molecule has 1 N–H and O–H groups in total. The number of hydrogen-bond donors (Lipinski definition) is 1. The lowest BCUT2D eigenvalue weighted by atomic mass is 10.1. The first-order valence-corrected chi connectivity index (χ1v) is 7.01. The number of aromatic amines is 1. The van der Waals surface area contributed by atoms with Crippen LogP contribution in [0.25, 0.3) is 11.1 Å². The van der Waals surface area contributed by atoms with Gasteiger partial charge >= 0.3 is 0 Å². The van der Waals surface area contributed by atoms with Gasteiger partial charge in [-0.2, -0.15) is 0 Å². The first-order valence-electron chi connectivity index (χ1n) is 7.01. The molecule has 2 heterocycles. The normalized spacial score (nSPS) is 10.6. The van der Waals surface area contributed by atoms with E-state index in [9.17, 15) is 4.79 Å². The van der Waals surface area contributed by atoms with Gasteiger partial charge in [0, 0.05) is 23.1 Å². The highest BCUT2D eigenvalue weighted by molar-refractivity contribution is 5.64. The lowest BCUT2D eigenvalue weighted by molar-refractivity contribution is 0.415. The van der Waals surface area contributed by atoms with E-state index in [-0.39, 0.29) is 5.56 Å². The summed E-state index contributed by atoms with van der Waals surface area (Å²) in [5.74, 6) is 0.731. The van der Waals surface area contributed by atoms with Gasteiger partial charge in [0.05, 0.1) is 20.0 Å². The molecular formula is C17H17N3O2. The van der Waals surface area contributed by atoms with Crippen molar-refractivity contribution >= 4 is 0 Å². The second kappa shape index (κ2) is 5.89. The number of imidazole rings is 1. The van der Waals surface area contributed by atoms with Gasteiger partial charge in [0.1, 0.15) is 5.75 Å². The van der Waals surface area contributed by atoms with Crippen molar-refractivity contribution in [3.8, 4) is 16.9 Å². The quantitative estimate of drug-likeness (QED) is 0.805. The molecule has 112 valence electrons. The lowest BCUT2D eigenvalue weighted by Gasteiger charge is -2.07. The highest BCUT2D eigenvalue weighted by Gasteiger charge is 2.06. The molecule has 3 rings (SSSR count). The van der Waals surface area contributed by atoms with Crippen LogP contribution in [0.2, 0.25) is 0 Å². The number of pyridine rings is 1. The number of benzene rings is 1. The zero-order valence-electron chi connectivity index (χ0n) is 12.5. The van der Waals surface area contributed by atoms with Crippen LogP contribution in [-0.4, -0.2) is 21.6 Å². The van der Waals surface area contributed by atoms with Gasteiger partial charge < -0.3 is 14.3 Å². The molecule has 0 aliphatic carbocycles. The first-order chi connectivity index (χ1) is 10.7. The van der Waals surface area contributed by atoms with Crippen molar-refractivity contribution in [2.75, 3.05) is 7.11 Å². The van der Waals surface area contributed by atoms with E-state index in [0.717, 1.165) is 22.7 Å². The summed E-state index contributed by atoms with van der Waals surface area (Å²) in [6.07, 6.45) is 3.55. The fourth-order valence-electron chi connectivity index (χ4n) is 2.36. The van der Waals surface area contributed by atoms with Crippen LogP contribution in [0.15, 0.2) is 53.7 Å². The Labute approximate surface area is 128 Å². The maximum atomic E-state index is 12.3. The Morgan fingerprint density at radius 2 is 2.14 bits per heavy atom. The number of aromatic nitrogens is 3. The predicted molar refractivity (Wildman–Crippen MR) is 85.1 cm³/mol. The molecule has 0 unspecified atom stereocenters.